The van der Waals surface area contributed by atoms with E-state index in [1.165, 1.54) is 0 Å². The molecule has 0 unspecified atom stereocenters. The fraction of sp³-hybridized carbons (Fsp3) is 0.500. The first-order valence-electron chi connectivity index (χ1n) is 10.2. The van der Waals surface area contributed by atoms with Crippen molar-refractivity contribution in [1.29, 1.82) is 0 Å². The number of aromatic amines is 1. The summed E-state index contributed by atoms with van der Waals surface area (Å²) < 4.78 is 11.9. The minimum atomic E-state index is -0.514. The van der Waals surface area contributed by atoms with E-state index in [-0.39, 0.29) is 30.4 Å². The minimum Gasteiger partial charge on any atom is -0.459 e. The lowest BCUT2D eigenvalue weighted by molar-refractivity contribution is -0.166. The first kappa shape index (κ1) is 19.0. The molecule has 1 aromatic carbocycles. The number of aromatic nitrogens is 1. The van der Waals surface area contributed by atoms with Crippen molar-refractivity contribution >= 4 is 16.8 Å². The third-order valence-corrected chi connectivity index (χ3v) is 5.53. The Morgan fingerprint density at radius 3 is 2.93 bits per heavy atom. The van der Waals surface area contributed by atoms with Gasteiger partial charge in [-0.3, -0.25) is 4.79 Å². The third-order valence-electron chi connectivity index (χ3n) is 5.53. The number of benzene rings is 1. The monoisotopic (exact) mass is 384 g/mol. The molecule has 28 heavy (non-hydrogen) atoms. The summed E-state index contributed by atoms with van der Waals surface area (Å²) in [7, 11) is 0. The molecule has 0 spiro atoms. The van der Waals surface area contributed by atoms with Crippen molar-refractivity contribution in [3.63, 3.8) is 0 Å². The van der Waals surface area contributed by atoms with Crippen LogP contribution in [0, 0.1) is 5.92 Å². The minimum absolute atomic E-state index is 0.0174. The lowest BCUT2D eigenvalue weighted by atomic mass is 9.80. The predicted octanol–water partition coefficient (Wildman–Crippen LogP) is 3.20. The van der Waals surface area contributed by atoms with Crippen molar-refractivity contribution in [3.05, 3.63) is 47.9 Å². The number of rotatable bonds is 8. The maximum atomic E-state index is 12.7. The molecular formula is C22H28N2O4. The van der Waals surface area contributed by atoms with E-state index in [4.69, 9.17) is 9.47 Å². The zero-order valence-corrected chi connectivity index (χ0v) is 16.2. The lowest BCUT2D eigenvalue weighted by Crippen LogP contribution is -2.39. The number of amides is 1. The maximum Gasteiger partial charge on any atom is 0.286 e. The van der Waals surface area contributed by atoms with Crippen LogP contribution in [-0.4, -0.2) is 41.5 Å². The van der Waals surface area contributed by atoms with Crippen molar-refractivity contribution in [2.45, 2.75) is 50.9 Å². The molecule has 1 aromatic heterocycles. The third kappa shape index (κ3) is 3.93. The van der Waals surface area contributed by atoms with Gasteiger partial charge in [0, 0.05) is 48.2 Å². The molecule has 6 heteroatoms. The Labute approximate surface area is 164 Å². The molecule has 0 bridgehead atoms. The smallest absolute Gasteiger partial charge is 0.286 e. The van der Waals surface area contributed by atoms with E-state index in [1.54, 1.807) is 0 Å². The summed E-state index contributed by atoms with van der Waals surface area (Å²) in [4.78, 5) is 16.0. The molecule has 3 atom stereocenters. The summed E-state index contributed by atoms with van der Waals surface area (Å²) in [5.41, 5.74) is 2.19. The molecule has 0 radical (unpaired) electrons. The van der Waals surface area contributed by atoms with Gasteiger partial charge < -0.3 is 24.9 Å². The highest BCUT2D eigenvalue weighted by molar-refractivity contribution is 5.92. The topological polar surface area (TPSA) is 83.6 Å². The molecule has 150 valence electrons. The molecule has 1 aliphatic carbocycles. The van der Waals surface area contributed by atoms with Gasteiger partial charge in [-0.25, -0.2) is 0 Å². The quantitative estimate of drug-likeness (QED) is 0.653. The van der Waals surface area contributed by atoms with Gasteiger partial charge in [0.05, 0.1) is 0 Å². The average Bonchev–Trinajstić information content (AvgIpc) is 3.42. The van der Waals surface area contributed by atoms with Gasteiger partial charge in [-0.15, -0.1) is 0 Å². The number of carbonyl (C=O) groups excluding carboxylic acids is 1. The molecule has 6 nitrogen and oxygen atoms in total. The fourth-order valence-electron chi connectivity index (χ4n) is 3.98. The molecule has 2 aliphatic rings. The van der Waals surface area contributed by atoms with Crippen molar-refractivity contribution in [3.8, 4) is 0 Å². The summed E-state index contributed by atoms with van der Waals surface area (Å²) in [5, 5.41) is 13.5. The van der Waals surface area contributed by atoms with Crippen LogP contribution in [0.4, 0.5) is 0 Å². The van der Waals surface area contributed by atoms with Gasteiger partial charge >= 0.3 is 0 Å². The van der Waals surface area contributed by atoms with E-state index in [1.807, 2.05) is 37.4 Å². The van der Waals surface area contributed by atoms with Crippen LogP contribution in [0.2, 0.25) is 0 Å². The van der Waals surface area contributed by atoms with Gasteiger partial charge in [-0.1, -0.05) is 18.2 Å². The standard InChI is InChI=1S/C22H28N2O4/c1-2-27-22-16(7-5-11-25)17(12-20(28-22)21(26)24-14-9-10-14)18-13-23-19-8-4-3-6-15(18)19/h3-4,6,8,12-14,16-17,22-23,25H,2,5,7,9-11H2,1H3,(H,24,26)/t16-,17+,22-/m1/s1. The molecule has 2 aromatic rings. The highest BCUT2D eigenvalue weighted by Gasteiger charge is 2.39. The molecule has 1 fully saturated rings. The summed E-state index contributed by atoms with van der Waals surface area (Å²) in [6.45, 7) is 2.54. The second kappa shape index (κ2) is 8.37. The maximum absolute atomic E-state index is 12.7. The average molecular weight is 384 g/mol. The number of para-hydroxylation sites is 1. The van der Waals surface area contributed by atoms with Crippen molar-refractivity contribution in [2.24, 2.45) is 5.92 Å². The van der Waals surface area contributed by atoms with Crippen LogP contribution in [0.25, 0.3) is 10.9 Å². The highest BCUT2D eigenvalue weighted by Crippen LogP contribution is 2.41. The normalized spacial score (nSPS) is 24.6. The number of allylic oxidation sites excluding steroid dienone is 1. The van der Waals surface area contributed by atoms with E-state index in [0.29, 0.717) is 18.8 Å². The Bertz CT molecular complexity index is 855. The van der Waals surface area contributed by atoms with Gasteiger partial charge in [0.25, 0.3) is 5.91 Å². The van der Waals surface area contributed by atoms with E-state index in [9.17, 15) is 9.90 Å². The van der Waals surface area contributed by atoms with E-state index in [2.05, 4.69) is 16.4 Å². The number of aliphatic hydroxyl groups excluding tert-OH is 1. The summed E-state index contributed by atoms with van der Waals surface area (Å²) in [6.07, 6.45) is 6.90. The zero-order valence-electron chi connectivity index (χ0n) is 16.2. The van der Waals surface area contributed by atoms with Crippen LogP contribution in [0.15, 0.2) is 42.3 Å². The summed E-state index contributed by atoms with van der Waals surface area (Å²) in [6, 6.07) is 8.43. The van der Waals surface area contributed by atoms with Crippen molar-refractivity contribution in [2.75, 3.05) is 13.2 Å². The number of hydrogen-bond acceptors (Lipinski definition) is 4. The first-order chi connectivity index (χ1) is 13.7. The Morgan fingerprint density at radius 2 is 2.18 bits per heavy atom. The lowest BCUT2D eigenvalue weighted by Gasteiger charge is -2.36. The number of aliphatic hydroxyl groups is 1. The Hall–Kier alpha value is -2.31. The highest BCUT2D eigenvalue weighted by atomic mass is 16.7. The number of nitrogens with one attached hydrogen (secondary N) is 2. The molecule has 1 amide bonds. The van der Waals surface area contributed by atoms with Crippen LogP contribution < -0.4 is 5.32 Å². The predicted molar refractivity (Wildman–Crippen MR) is 107 cm³/mol. The van der Waals surface area contributed by atoms with Gasteiger partial charge in [-0.2, -0.15) is 0 Å². The van der Waals surface area contributed by atoms with Crippen LogP contribution in [0.3, 0.4) is 0 Å². The van der Waals surface area contributed by atoms with Gasteiger partial charge in [0.1, 0.15) is 0 Å². The second-order valence-corrected chi connectivity index (χ2v) is 7.57. The van der Waals surface area contributed by atoms with Gasteiger partial charge in [0.15, 0.2) is 5.76 Å². The molecule has 4 rings (SSSR count). The van der Waals surface area contributed by atoms with Gasteiger partial charge in [0.2, 0.25) is 6.29 Å². The van der Waals surface area contributed by atoms with Crippen LogP contribution in [0.5, 0.6) is 0 Å². The molecule has 1 saturated carbocycles. The number of fused-ring (bicyclic) bond motifs is 1. The van der Waals surface area contributed by atoms with Crippen molar-refractivity contribution < 1.29 is 19.4 Å². The Balaban J connectivity index is 1.72. The first-order valence-corrected chi connectivity index (χ1v) is 10.2. The van der Waals surface area contributed by atoms with Crippen LogP contribution in [-0.2, 0) is 14.3 Å². The SMILES string of the molecule is CCO[C@@H]1OC(C(=O)NC2CC2)=C[C@H](c2c[nH]c3ccccc23)[C@H]1CCCO. The van der Waals surface area contributed by atoms with E-state index in [0.717, 1.165) is 35.7 Å². The molecule has 3 N–H and O–H groups in total. The summed E-state index contributed by atoms with van der Waals surface area (Å²) in [5.74, 6) is 0.148. The van der Waals surface area contributed by atoms with Gasteiger partial charge in [-0.05, 0) is 50.3 Å². The molecule has 2 heterocycles. The number of H-pyrrole nitrogens is 1. The number of carbonyl (C=O) groups is 1. The Morgan fingerprint density at radius 1 is 1.36 bits per heavy atom. The van der Waals surface area contributed by atoms with E-state index >= 15 is 0 Å². The van der Waals surface area contributed by atoms with Crippen LogP contribution >= 0.6 is 0 Å². The molecule has 1 aliphatic heterocycles. The molecular weight excluding hydrogens is 356 g/mol. The Kier molecular flexibility index (Phi) is 5.69. The number of ether oxygens (including phenoxy) is 2. The van der Waals surface area contributed by atoms with E-state index < -0.39 is 6.29 Å². The number of hydrogen-bond donors (Lipinski definition) is 3. The zero-order chi connectivity index (χ0) is 19.5. The second-order valence-electron chi connectivity index (χ2n) is 7.57. The largest absolute Gasteiger partial charge is 0.459 e. The van der Waals surface area contributed by atoms with Crippen LogP contribution in [0.1, 0.15) is 44.1 Å². The summed E-state index contributed by atoms with van der Waals surface area (Å²) >= 11 is 0. The fourth-order valence-corrected chi connectivity index (χ4v) is 3.98. The molecule has 0 saturated heterocycles. The van der Waals surface area contributed by atoms with Crippen molar-refractivity contribution in [1.82, 2.24) is 10.3 Å².